The van der Waals surface area contributed by atoms with Crippen molar-refractivity contribution in [2.24, 2.45) is 0 Å². The number of nitrogens with one attached hydrogen (secondary N) is 3. The highest BCUT2D eigenvalue weighted by atomic mass is 32.2. The fourth-order valence-corrected chi connectivity index (χ4v) is 7.67. The Labute approximate surface area is 316 Å². The fourth-order valence-electron chi connectivity index (χ4n) is 5.70. The molecule has 3 N–H and O–H groups in total. The number of ether oxygens (including phenoxy) is 1. The first-order valence-electron chi connectivity index (χ1n) is 17.0. The highest BCUT2D eigenvalue weighted by molar-refractivity contribution is 8.00. The minimum absolute atomic E-state index is 0.0708. The van der Waals surface area contributed by atoms with Crippen LogP contribution in [0.4, 0.5) is 10.7 Å². The van der Waals surface area contributed by atoms with Crippen LogP contribution in [0.2, 0.25) is 0 Å². The van der Waals surface area contributed by atoms with E-state index in [0.717, 1.165) is 32.4 Å². The zero-order chi connectivity index (χ0) is 37.3. The summed E-state index contributed by atoms with van der Waals surface area (Å²) in [6, 6.07) is 37.3. The number of benzene rings is 5. The molecule has 0 saturated heterocycles. The number of anilines is 2. The van der Waals surface area contributed by atoms with Crippen molar-refractivity contribution < 1.29 is 23.9 Å². The predicted molar refractivity (Wildman–Crippen MR) is 215 cm³/mol. The van der Waals surface area contributed by atoms with Gasteiger partial charge in [-0.1, -0.05) is 103 Å². The first-order valence-corrected chi connectivity index (χ1v) is 18.7. The fraction of sp³-hybridized carbons (Fsp3) is 0.116. The topological polar surface area (TPSA) is 114 Å². The molecule has 0 saturated carbocycles. The lowest BCUT2D eigenvalue weighted by Gasteiger charge is -2.16. The van der Waals surface area contributed by atoms with Crippen LogP contribution in [0.3, 0.4) is 0 Å². The Morgan fingerprint density at radius 1 is 0.830 bits per heavy atom. The minimum Gasteiger partial charge on any atom is -0.465 e. The number of thiophene rings is 1. The molecule has 1 heterocycles. The van der Waals surface area contributed by atoms with Crippen LogP contribution in [0, 0.1) is 6.92 Å². The molecule has 0 aliphatic carbocycles. The van der Waals surface area contributed by atoms with Gasteiger partial charge in [0.2, 0.25) is 5.91 Å². The van der Waals surface area contributed by atoms with Gasteiger partial charge >= 0.3 is 5.97 Å². The minimum atomic E-state index is -0.532. The van der Waals surface area contributed by atoms with E-state index in [2.05, 4.69) is 16.0 Å². The maximum absolute atomic E-state index is 13.9. The molecule has 0 aliphatic heterocycles. The monoisotopic (exact) mass is 739 g/mol. The quantitative estimate of drug-likeness (QED) is 0.0655. The average Bonchev–Trinajstić information content (AvgIpc) is 3.60. The Morgan fingerprint density at radius 2 is 1.55 bits per heavy atom. The number of fused-ring (bicyclic) bond motifs is 1. The standard InChI is InChI=1S/C43H37N3O5S2/c1-4-37(41(49)46-42-38(43(50)51-3)35(26-52-42)29-22-20-27(2)21-23-29)53-33-18-11-17-32(25-33)44-40(48)36(45-39(47)30-13-6-5-7-14-30)24-31-16-10-15-28-12-8-9-19-34(28)31/h5-26,37H,4H2,1-3H3,(H,44,48)(H,45,47)(H,46,49)/b36-24+. The maximum Gasteiger partial charge on any atom is 0.341 e. The van der Waals surface area contributed by atoms with Gasteiger partial charge in [-0.3, -0.25) is 14.4 Å². The molecule has 0 spiro atoms. The van der Waals surface area contributed by atoms with E-state index in [1.165, 1.54) is 30.2 Å². The summed E-state index contributed by atoms with van der Waals surface area (Å²) in [6.07, 6.45) is 2.17. The maximum atomic E-state index is 13.9. The summed E-state index contributed by atoms with van der Waals surface area (Å²) in [7, 11) is 1.32. The number of thioether (sulfide) groups is 1. The van der Waals surface area contributed by atoms with E-state index in [1.807, 2.05) is 98.1 Å². The van der Waals surface area contributed by atoms with E-state index >= 15 is 0 Å². The normalized spacial score (nSPS) is 11.8. The Morgan fingerprint density at radius 3 is 2.30 bits per heavy atom. The van der Waals surface area contributed by atoms with E-state index in [-0.39, 0.29) is 11.6 Å². The molecule has 1 aromatic heterocycles. The van der Waals surface area contributed by atoms with Gasteiger partial charge in [-0.25, -0.2) is 4.79 Å². The van der Waals surface area contributed by atoms with Crippen LogP contribution in [0.1, 0.15) is 45.2 Å². The Kier molecular flexibility index (Phi) is 11.8. The number of esters is 1. The lowest BCUT2D eigenvalue weighted by atomic mass is 10.0. The summed E-state index contributed by atoms with van der Waals surface area (Å²) >= 11 is 2.62. The van der Waals surface area contributed by atoms with Crippen molar-refractivity contribution in [3.63, 3.8) is 0 Å². The first kappa shape index (κ1) is 36.8. The molecule has 53 heavy (non-hydrogen) atoms. The number of carbonyl (C=O) groups excluding carboxylic acids is 4. The second-order valence-electron chi connectivity index (χ2n) is 12.1. The van der Waals surface area contributed by atoms with Gasteiger partial charge in [-0.15, -0.1) is 23.1 Å². The number of rotatable bonds is 12. The van der Waals surface area contributed by atoms with E-state index < -0.39 is 23.0 Å². The van der Waals surface area contributed by atoms with Gasteiger partial charge in [0.25, 0.3) is 11.8 Å². The summed E-state index contributed by atoms with van der Waals surface area (Å²) in [4.78, 5) is 54.4. The van der Waals surface area contributed by atoms with E-state index in [9.17, 15) is 19.2 Å². The summed E-state index contributed by atoms with van der Waals surface area (Å²) in [5, 5.41) is 12.4. The summed E-state index contributed by atoms with van der Waals surface area (Å²) in [5.74, 6) is -1.72. The van der Waals surface area contributed by atoms with Crippen LogP contribution in [-0.2, 0) is 14.3 Å². The molecule has 3 amide bonds. The lowest BCUT2D eigenvalue weighted by Crippen LogP contribution is -2.30. The second-order valence-corrected chi connectivity index (χ2v) is 14.3. The Hall–Kier alpha value is -5.97. The first-order chi connectivity index (χ1) is 25.7. The number of hydrogen-bond donors (Lipinski definition) is 3. The molecule has 0 aliphatic rings. The number of aryl methyl sites for hydroxylation is 1. The van der Waals surface area contributed by atoms with Gasteiger partial charge in [0, 0.05) is 27.1 Å². The van der Waals surface area contributed by atoms with Gasteiger partial charge in [-0.2, -0.15) is 0 Å². The lowest BCUT2D eigenvalue weighted by molar-refractivity contribution is -0.116. The van der Waals surface area contributed by atoms with Crippen molar-refractivity contribution in [1.29, 1.82) is 0 Å². The number of amides is 3. The van der Waals surface area contributed by atoms with Crippen LogP contribution < -0.4 is 16.0 Å². The molecular formula is C43H37N3O5S2. The van der Waals surface area contributed by atoms with Crippen LogP contribution >= 0.6 is 23.1 Å². The van der Waals surface area contributed by atoms with Crippen LogP contribution in [0.5, 0.6) is 0 Å². The zero-order valence-corrected chi connectivity index (χ0v) is 31.0. The second kappa shape index (κ2) is 17.0. The third kappa shape index (κ3) is 8.92. The van der Waals surface area contributed by atoms with Crippen LogP contribution in [0.15, 0.2) is 137 Å². The van der Waals surface area contributed by atoms with Crippen molar-refractivity contribution >= 4 is 74.3 Å². The van der Waals surface area contributed by atoms with Crippen molar-refractivity contribution in [2.75, 3.05) is 17.7 Å². The van der Waals surface area contributed by atoms with Crippen LogP contribution in [-0.4, -0.2) is 36.1 Å². The van der Waals surface area contributed by atoms with Gasteiger partial charge < -0.3 is 20.7 Å². The summed E-state index contributed by atoms with van der Waals surface area (Å²) in [5.41, 5.74) is 4.69. The highest BCUT2D eigenvalue weighted by Gasteiger charge is 2.26. The molecule has 5 aromatic carbocycles. The molecule has 266 valence electrons. The predicted octanol–water partition coefficient (Wildman–Crippen LogP) is 9.58. The number of hydrogen-bond acceptors (Lipinski definition) is 7. The van der Waals surface area contributed by atoms with E-state index in [0.29, 0.717) is 33.8 Å². The van der Waals surface area contributed by atoms with E-state index in [4.69, 9.17) is 4.74 Å². The molecule has 8 nitrogen and oxygen atoms in total. The van der Waals surface area contributed by atoms with Crippen molar-refractivity contribution in [1.82, 2.24) is 5.32 Å². The molecule has 6 rings (SSSR count). The van der Waals surface area contributed by atoms with Gasteiger partial charge in [-0.05, 0) is 71.7 Å². The molecule has 1 atom stereocenters. The highest BCUT2D eigenvalue weighted by Crippen LogP contribution is 2.37. The Balaban J connectivity index is 1.21. The van der Waals surface area contributed by atoms with Gasteiger partial charge in [0.05, 0.1) is 12.4 Å². The van der Waals surface area contributed by atoms with Gasteiger partial charge in [0.15, 0.2) is 0 Å². The third-order valence-corrected chi connectivity index (χ3v) is 10.7. The molecular weight excluding hydrogens is 703 g/mol. The number of methoxy groups -OCH3 is 1. The smallest absolute Gasteiger partial charge is 0.341 e. The molecule has 0 radical (unpaired) electrons. The van der Waals surface area contributed by atoms with Crippen molar-refractivity contribution in [3.8, 4) is 11.1 Å². The van der Waals surface area contributed by atoms with Crippen molar-refractivity contribution in [3.05, 3.63) is 155 Å². The summed E-state index contributed by atoms with van der Waals surface area (Å²) < 4.78 is 5.09. The SMILES string of the molecule is CCC(Sc1cccc(NC(=O)/C(=C\c2cccc3ccccc23)NC(=O)c2ccccc2)c1)C(=O)Nc1scc(-c2ccc(C)cc2)c1C(=O)OC. The van der Waals surface area contributed by atoms with Gasteiger partial charge in [0.1, 0.15) is 16.3 Å². The molecule has 1 unspecified atom stereocenters. The van der Waals surface area contributed by atoms with Crippen LogP contribution in [0.25, 0.3) is 28.0 Å². The number of carbonyl (C=O) groups is 4. The Bertz CT molecular complexity index is 2310. The average molecular weight is 740 g/mol. The molecule has 6 aromatic rings. The molecule has 0 fully saturated rings. The zero-order valence-electron chi connectivity index (χ0n) is 29.3. The van der Waals surface area contributed by atoms with Crippen molar-refractivity contribution in [2.45, 2.75) is 30.4 Å². The third-order valence-electron chi connectivity index (χ3n) is 8.47. The van der Waals surface area contributed by atoms with E-state index in [1.54, 1.807) is 48.5 Å². The molecule has 0 bridgehead atoms. The summed E-state index contributed by atoms with van der Waals surface area (Å²) in [6.45, 7) is 3.90. The molecule has 10 heteroatoms. The largest absolute Gasteiger partial charge is 0.465 e.